The summed E-state index contributed by atoms with van der Waals surface area (Å²) in [4.78, 5) is 13.5. The SMILES string of the molecule is C[C@H]1CO[C@H](CO)CN1C(=O)OC(C)(C)C. The van der Waals surface area contributed by atoms with Crippen LogP contribution in [0.3, 0.4) is 0 Å². The normalized spacial score (nSPS) is 26.7. The highest BCUT2D eigenvalue weighted by molar-refractivity contribution is 5.68. The Hall–Kier alpha value is -0.810. The van der Waals surface area contributed by atoms with Gasteiger partial charge in [0.1, 0.15) is 5.60 Å². The van der Waals surface area contributed by atoms with E-state index >= 15 is 0 Å². The minimum atomic E-state index is -0.496. The van der Waals surface area contributed by atoms with Crippen LogP contribution in [0.25, 0.3) is 0 Å². The molecule has 2 atom stereocenters. The van der Waals surface area contributed by atoms with Crippen molar-refractivity contribution in [2.75, 3.05) is 19.8 Å². The molecule has 1 fully saturated rings. The number of aliphatic hydroxyl groups excluding tert-OH is 1. The molecule has 0 spiro atoms. The van der Waals surface area contributed by atoms with E-state index in [1.807, 2.05) is 27.7 Å². The largest absolute Gasteiger partial charge is 0.444 e. The van der Waals surface area contributed by atoms with E-state index in [2.05, 4.69) is 0 Å². The Labute approximate surface area is 96.3 Å². The van der Waals surface area contributed by atoms with Gasteiger partial charge in [0.15, 0.2) is 0 Å². The Bertz CT molecular complexity index is 249. The van der Waals surface area contributed by atoms with E-state index in [1.165, 1.54) is 0 Å². The summed E-state index contributed by atoms with van der Waals surface area (Å²) in [6.45, 7) is 8.14. The van der Waals surface area contributed by atoms with E-state index in [4.69, 9.17) is 14.6 Å². The predicted molar refractivity (Wildman–Crippen MR) is 59.2 cm³/mol. The van der Waals surface area contributed by atoms with Crippen molar-refractivity contribution in [2.45, 2.75) is 45.4 Å². The lowest BCUT2D eigenvalue weighted by molar-refractivity contribution is -0.0806. The van der Waals surface area contributed by atoms with Crippen LogP contribution in [0.1, 0.15) is 27.7 Å². The van der Waals surface area contributed by atoms with Gasteiger partial charge in [-0.15, -0.1) is 0 Å². The third kappa shape index (κ3) is 3.64. The minimum absolute atomic E-state index is 0.0161. The molecule has 0 aromatic rings. The third-order valence-corrected chi connectivity index (χ3v) is 2.34. The summed E-state index contributed by atoms with van der Waals surface area (Å²) in [7, 11) is 0. The number of nitrogens with zero attached hydrogens (tertiary/aromatic N) is 1. The molecular weight excluding hydrogens is 210 g/mol. The van der Waals surface area contributed by atoms with E-state index < -0.39 is 5.60 Å². The average molecular weight is 231 g/mol. The molecule has 94 valence electrons. The van der Waals surface area contributed by atoms with E-state index in [1.54, 1.807) is 4.90 Å². The molecule has 1 amide bonds. The van der Waals surface area contributed by atoms with E-state index in [0.29, 0.717) is 13.2 Å². The zero-order chi connectivity index (χ0) is 12.3. The van der Waals surface area contributed by atoms with Gasteiger partial charge in [0.05, 0.1) is 31.9 Å². The highest BCUT2D eigenvalue weighted by Crippen LogP contribution is 2.16. The third-order valence-electron chi connectivity index (χ3n) is 2.34. The van der Waals surface area contributed by atoms with Crippen molar-refractivity contribution in [2.24, 2.45) is 0 Å². The molecule has 1 saturated heterocycles. The first-order valence-electron chi connectivity index (χ1n) is 5.55. The monoisotopic (exact) mass is 231 g/mol. The molecule has 0 saturated carbocycles. The Kier molecular flexibility index (Phi) is 4.15. The molecule has 0 unspecified atom stereocenters. The second kappa shape index (κ2) is 5.01. The van der Waals surface area contributed by atoms with Crippen LogP contribution in [0.5, 0.6) is 0 Å². The standard InChI is InChI=1S/C11H21NO4/c1-8-7-15-9(6-13)5-12(8)10(14)16-11(2,3)4/h8-9,13H,5-7H2,1-4H3/t8-,9-/m0/s1. The van der Waals surface area contributed by atoms with E-state index in [-0.39, 0.29) is 24.8 Å². The molecule has 0 aromatic carbocycles. The van der Waals surface area contributed by atoms with Crippen molar-refractivity contribution in [1.82, 2.24) is 4.90 Å². The molecule has 0 aliphatic carbocycles. The summed E-state index contributed by atoms with van der Waals surface area (Å²) in [6, 6.07) is -0.0161. The van der Waals surface area contributed by atoms with Gasteiger partial charge in [0.2, 0.25) is 0 Å². The van der Waals surface area contributed by atoms with E-state index in [9.17, 15) is 4.79 Å². The maximum Gasteiger partial charge on any atom is 0.410 e. The zero-order valence-electron chi connectivity index (χ0n) is 10.4. The molecule has 5 nitrogen and oxygen atoms in total. The van der Waals surface area contributed by atoms with Crippen molar-refractivity contribution in [3.63, 3.8) is 0 Å². The van der Waals surface area contributed by atoms with Gasteiger partial charge in [-0.25, -0.2) is 4.79 Å². The maximum absolute atomic E-state index is 11.9. The summed E-state index contributed by atoms with van der Waals surface area (Å²) >= 11 is 0. The lowest BCUT2D eigenvalue weighted by Crippen LogP contribution is -2.53. The number of amides is 1. The summed E-state index contributed by atoms with van der Waals surface area (Å²) in [5, 5.41) is 9.01. The Balaban J connectivity index is 2.59. The molecule has 0 radical (unpaired) electrons. The summed E-state index contributed by atoms with van der Waals surface area (Å²) in [6.07, 6.45) is -0.648. The molecule has 1 N–H and O–H groups in total. The van der Waals surface area contributed by atoms with Gasteiger partial charge in [0, 0.05) is 0 Å². The van der Waals surface area contributed by atoms with Crippen LogP contribution in [0.4, 0.5) is 4.79 Å². The fraction of sp³-hybridized carbons (Fsp3) is 0.909. The van der Waals surface area contributed by atoms with Crippen LogP contribution in [0.15, 0.2) is 0 Å². The fourth-order valence-corrected chi connectivity index (χ4v) is 1.50. The molecular formula is C11H21NO4. The van der Waals surface area contributed by atoms with Gasteiger partial charge in [-0.1, -0.05) is 0 Å². The molecule has 1 heterocycles. The first-order valence-corrected chi connectivity index (χ1v) is 5.55. The Morgan fingerprint density at radius 2 is 2.19 bits per heavy atom. The topological polar surface area (TPSA) is 59.0 Å². The van der Waals surface area contributed by atoms with Crippen LogP contribution in [0, 0.1) is 0 Å². The van der Waals surface area contributed by atoms with Gasteiger partial charge < -0.3 is 19.5 Å². The first-order chi connectivity index (χ1) is 7.33. The number of carbonyl (C=O) groups is 1. The van der Waals surface area contributed by atoms with Crippen molar-refractivity contribution in [3.05, 3.63) is 0 Å². The summed E-state index contributed by atoms with van der Waals surface area (Å²) < 4.78 is 10.6. The quantitative estimate of drug-likeness (QED) is 0.731. The van der Waals surface area contributed by atoms with Crippen molar-refractivity contribution in [3.8, 4) is 0 Å². The van der Waals surface area contributed by atoms with E-state index in [0.717, 1.165) is 0 Å². The van der Waals surface area contributed by atoms with Crippen LogP contribution in [0.2, 0.25) is 0 Å². The summed E-state index contributed by atoms with van der Waals surface area (Å²) in [5.41, 5.74) is -0.496. The van der Waals surface area contributed by atoms with Crippen LogP contribution in [-0.2, 0) is 9.47 Å². The van der Waals surface area contributed by atoms with Gasteiger partial charge in [-0.2, -0.15) is 0 Å². The van der Waals surface area contributed by atoms with Crippen LogP contribution < -0.4 is 0 Å². The Morgan fingerprint density at radius 3 is 2.69 bits per heavy atom. The second-order valence-corrected chi connectivity index (χ2v) is 5.12. The van der Waals surface area contributed by atoms with Gasteiger partial charge in [-0.05, 0) is 27.7 Å². The highest BCUT2D eigenvalue weighted by Gasteiger charge is 2.32. The molecule has 5 heteroatoms. The number of hydrogen-bond donors (Lipinski definition) is 1. The Morgan fingerprint density at radius 1 is 1.56 bits per heavy atom. The average Bonchev–Trinajstić information content (AvgIpc) is 2.15. The van der Waals surface area contributed by atoms with Crippen molar-refractivity contribution < 1.29 is 19.4 Å². The molecule has 1 aliphatic rings. The molecule has 0 aromatic heterocycles. The molecule has 1 rings (SSSR count). The number of carbonyl (C=O) groups excluding carboxylic acids is 1. The number of hydrogen-bond acceptors (Lipinski definition) is 4. The van der Waals surface area contributed by atoms with Gasteiger partial charge in [-0.3, -0.25) is 0 Å². The minimum Gasteiger partial charge on any atom is -0.444 e. The van der Waals surface area contributed by atoms with Gasteiger partial charge in [0.25, 0.3) is 0 Å². The maximum atomic E-state index is 11.9. The smallest absolute Gasteiger partial charge is 0.410 e. The lowest BCUT2D eigenvalue weighted by Gasteiger charge is -2.38. The molecule has 0 bridgehead atoms. The summed E-state index contributed by atoms with van der Waals surface area (Å²) in [5.74, 6) is 0. The molecule has 16 heavy (non-hydrogen) atoms. The number of ether oxygens (including phenoxy) is 2. The molecule has 1 aliphatic heterocycles. The van der Waals surface area contributed by atoms with Gasteiger partial charge >= 0.3 is 6.09 Å². The van der Waals surface area contributed by atoms with Crippen molar-refractivity contribution >= 4 is 6.09 Å². The lowest BCUT2D eigenvalue weighted by atomic mass is 10.2. The van der Waals surface area contributed by atoms with Crippen LogP contribution in [-0.4, -0.2) is 53.6 Å². The van der Waals surface area contributed by atoms with Crippen LogP contribution >= 0.6 is 0 Å². The fourth-order valence-electron chi connectivity index (χ4n) is 1.50. The van der Waals surface area contributed by atoms with Crippen molar-refractivity contribution in [1.29, 1.82) is 0 Å². The highest BCUT2D eigenvalue weighted by atomic mass is 16.6. The number of morpholine rings is 1. The number of aliphatic hydroxyl groups is 1. The first kappa shape index (κ1) is 13.3. The predicted octanol–water partition coefficient (Wildman–Crippen LogP) is 1.00. The number of rotatable bonds is 1. The zero-order valence-corrected chi connectivity index (χ0v) is 10.4. The second-order valence-electron chi connectivity index (χ2n) is 5.12.